The number of carbonyl (C=O) groups excluding carboxylic acids is 4. The molecule has 0 aromatic carbocycles. The second-order valence-corrected chi connectivity index (χ2v) is 9.33. The molecule has 10 heteroatoms. The molecule has 2 unspecified atom stereocenters. The smallest absolute Gasteiger partial charge is 0.358 e. The number of carbonyl (C=O) groups is 4. The SMILES string of the molecule is CNC(=O)c1cscc1C1=C(C(=O)OCOC(=O)C(C)(C)C)N2C(=O)C([C@@H](C)O)C2C1. The van der Waals surface area contributed by atoms with Crippen LogP contribution in [-0.2, 0) is 23.9 Å². The van der Waals surface area contributed by atoms with Gasteiger partial charge in [-0.3, -0.25) is 14.4 Å². The molecule has 0 aliphatic carbocycles. The van der Waals surface area contributed by atoms with E-state index in [4.69, 9.17) is 9.47 Å². The Morgan fingerprint density at radius 1 is 1.29 bits per heavy atom. The van der Waals surface area contributed by atoms with E-state index in [1.807, 2.05) is 0 Å². The molecule has 3 heterocycles. The average molecular weight is 451 g/mol. The number of nitrogens with zero attached hydrogens (tertiary/aromatic N) is 1. The van der Waals surface area contributed by atoms with Crippen molar-refractivity contribution in [2.75, 3.05) is 13.8 Å². The molecule has 2 aliphatic rings. The first-order valence-electron chi connectivity index (χ1n) is 9.86. The Bertz CT molecular complexity index is 957. The third kappa shape index (κ3) is 4.09. The summed E-state index contributed by atoms with van der Waals surface area (Å²) in [7, 11) is 1.51. The molecule has 0 spiro atoms. The van der Waals surface area contributed by atoms with Crippen LogP contribution in [0, 0.1) is 11.3 Å². The summed E-state index contributed by atoms with van der Waals surface area (Å²) >= 11 is 1.30. The van der Waals surface area contributed by atoms with Crippen molar-refractivity contribution in [3.8, 4) is 0 Å². The van der Waals surface area contributed by atoms with Crippen LogP contribution in [0.5, 0.6) is 0 Å². The first-order chi connectivity index (χ1) is 14.5. The minimum atomic E-state index is -0.876. The van der Waals surface area contributed by atoms with Gasteiger partial charge in [-0.2, -0.15) is 11.3 Å². The highest BCUT2D eigenvalue weighted by molar-refractivity contribution is 7.08. The van der Waals surface area contributed by atoms with Gasteiger partial charge in [0.05, 0.1) is 29.0 Å². The summed E-state index contributed by atoms with van der Waals surface area (Å²) in [5, 5.41) is 16.0. The number of β-lactam (4-membered cyclic amide) rings is 1. The van der Waals surface area contributed by atoms with E-state index in [-0.39, 0.29) is 17.5 Å². The van der Waals surface area contributed by atoms with Gasteiger partial charge in [-0.25, -0.2) is 4.79 Å². The highest BCUT2D eigenvalue weighted by Gasteiger charge is 2.57. The molecular weight excluding hydrogens is 424 g/mol. The van der Waals surface area contributed by atoms with E-state index in [9.17, 15) is 24.3 Å². The number of fused-ring (bicyclic) bond motifs is 1. The minimum absolute atomic E-state index is 0.0160. The topological polar surface area (TPSA) is 122 Å². The molecule has 1 fully saturated rings. The number of thiophene rings is 1. The van der Waals surface area contributed by atoms with Crippen LogP contribution in [0.1, 0.15) is 50.0 Å². The van der Waals surface area contributed by atoms with Crippen LogP contribution < -0.4 is 5.32 Å². The summed E-state index contributed by atoms with van der Waals surface area (Å²) in [5.74, 6) is -2.70. The second kappa shape index (κ2) is 8.43. The maximum atomic E-state index is 12.9. The lowest BCUT2D eigenvalue weighted by Gasteiger charge is -2.44. The third-order valence-electron chi connectivity index (χ3n) is 5.37. The van der Waals surface area contributed by atoms with E-state index >= 15 is 0 Å². The zero-order valence-electron chi connectivity index (χ0n) is 18.1. The molecule has 2 amide bonds. The lowest BCUT2D eigenvalue weighted by molar-refractivity contribution is -0.175. The van der Waals surface area contributed by atoms with Gasteiger partial charge in [0, 0.05) is 18.0 Å². The summed E-state index contributed by atoms with van der Waals surface area (Å²) in [4.78, 5) is 51.1. The van der Waals surface area contributed by atoms with Crippen molar-refractivity contribution in [3.63, 3.8) is 0 Å². The lowest BCUT2D eigenvalue weighted by Crippen LogP contribution is -2.61. The molecule has 1 saturated heterocycles. The first-order valence-corrected chi connectivity index (χ1v) is 10.8. The molecule has 1 aromatic heterocycles. The highest BCUT2D eigenvalue weighted by Crippen LogP contribution is 2.48. The fraction of sp³-hybridized carbons (Fsp3) is 0.524. The van der Waals surface area contributed by atoms with Gasteiger partial charge in [0.2, 0.25) is 12.7 Å². The lowest BCUT2D eigenvalue weighted by atomic mass is 9.82. The zero-order chi connectivity index (χ0) is 23.1. The van der Waals surface area contributed by atoms with Gasteiger partial charge in [-0.1, -0.05) is 0 Å². The molecule has 9 nitrogen and oxygen atoms in total. The third-order valence-corrected chi connectivity index (χ3v) is 6.12. The van der Waals surface area contributed by atoms with Crippen molar-refractivity contribution in [2.24, 2.45) is 11.3 Å². The quantitative estimate of drug-likeness (QED) is 0.383. The largest absolute Gasteiger partial charge is 0.427 e. The first kappa shape index (κ1) is 23.0. The summed E-state index contributed by atoms with van der Waals surface area (Å²) in [6, 6.07) is -0.403. The predicted molar refractivity (Wildman–Crippen MR) is 112 cm³/mol. The monoisotopic (exact) mass is 450 g/mol. The summed E-state index contributed by atoms with van der Waals surface area (Å²) < 4.78 is 10.1. The Morgan fingerprint density at radius 2 is 1.97 bits per heavy atom. The number of ether oxygens (including phenoxy) is 2. The van der Waals surface area contributed by atoms with E-state index in [2.05, 4.69) is 5.32 Å². The van der Waals surface area contributed by atoms with Gasteiger partial charge < -0.3 is 24.8 Å². The molecule has 2 aliphatic heterocycles. The van der Waals surface area contributed by atoms with Gasteiger partial charge in [0.25, 0.3) is 5.91 Å². The van der Waals surface area contributed by atoms with Crippen molar-refractivity contribution in [3.05, 3.63) is 27.6 Å². The number of hydrogen-bond donors (Lipinski definition) is 2. The summed E-state index contributed by atoms with van der Waals surface area (Å²) in [5.41, 5.74) is 0.674. The molecule has 2 N–H and O–H groups in total. The molecule has 0 saturated carbocycles. The molecule has 31 heavy (non-hydrogen) atoms. The summed E-state index contributed by atoms with van der Waals surface area (Å²) in [6.45, 7) is 5.95. The van der Waals surface area contributed by atoms with E-state index in [0.29, 0.717) is 23.1 Å². The van der Waals surface area contributed by atoms with Gasteiger partial charge >= 0.3 is 11.9 Å². The Labute approximate surface area is 184 Å². The number of aliphatic hydroxyl groups is 1. The normalized spacial score (nSPS) is 21.4. The van der Waals surface area contributed by atoms with Crippen molar-refractivity contribution in [2.45, 2.75) is 46.3 Å². The minimum Gasteiger partial charge on any atom is -0.427 e. The highest BCUT2D eigenvalue weighted by atomic mass is 32.1. The second-order valence-electron chi connectivity index (χ2n) is 8.58. The molecule has 3 atom stereocenters. The van der Waals surface area contributed by atoms with Gasteiger partial charge in [-0.15, -0.1) is 0 Å². The Kier molecular flexibility index (Phi) is 6.24. The Hall–Kier alpha value is -2.72. The van der Waals surface area contributed by atoms with Gasteiger partial charge in [-0.05, 0) is 45.1 Å². The number of rotatable bonds is 6. The van der Waals surface area contributed by atoms with E-state index in [0.717, 1.165) is 0 Å². The predicted octanol–water partition coefficient (Wildman–Crippen LogP) is 1.52. The van der Waals surface area contributed by atoms with Crippen LogP contribution in [0.25, 0.3) is 5.57 Å². The van der Waals surface area contributed by atoms with Crippen molar-refractivity contribution in [1.82, 2.24) is 10.2 Å². The number of nitrogens with one attached hydrogen (secondary N) is 1. The van der Waals surface area contributed by atoms with Crippen LogP contribution >= 0.6 is 11.3 Å². The molecule has 3 rings (SSSR count). The maximum Gasteiger partial charge on any atom is 0.358 e. The molecule has 1 aromatic rings. The van der Waals surface area contributed by atoms with Crippen molar-refractivity contribution < 1.29 is 33.8 Å². The number of hydrogen-bond acceptors (Lipinski definition) is 8. The maximum absolute atomic E-state index is 12.9. The van der Waals surface area contributed by atoms with Crippen LogP contribution in [0.3, 0.4) is 0 Å². The number of esters is 2. The fourth-order valence-electron chi connectivity index (χ4n) is 3.76. The number of amides is 2. The Morgan fingerprint density at radius 3 is 2.55 bits per heavy atom. The van der Waals surface area contributed by atoms with Crippen molar-refractivity contribution in [1.29, 1.82) is 0 Å². The molecular formula is C21H26N2O7S. The van der Waals surface area contributed by atoms with Crippen LogP contribution in [0.4, 0.5) is 0 Å². The van der Waals surface area contributed by atoms with Crippen molar-refractivity contribution >= 4 is 40.7 Å². The zero-order valence-corrected chi connectivity index (χ0v) is 18.9. The van der Waals surface area contributed by atoms with Gasteiger partial charge in [0.15, 0.2) is 0 Å². The van der Waals surface area contributed by atoms with E-state index in [1.54, 1.807) is 31.5 Å². The van der Waals surface area contributed by atoms with Crippen LogP contribution in [0.2, 0.25) is 0 Å². The Balaban J connectivity index is 1.90. The molecule has 0 radical (unpaired) electrons. The van der Waals surface area contributed by atoms with E-state index < -0.39 is 42.2 Å². The fourth-order valence-corrected chi connectivity index (χ4v) is 4.61. The summed E-state index contributed by atoms with van der Waals surface area (Å²) in [6.07, 6.45) is -0.576. The molecule has 0 bridgehead atoms. The molecule has 168 valence electrons. The van der Waals surface area contributed by atoms with Crippen LogP contribution in [0.15, 0.2) is 16.5 Å². The number of aliphatic hydroxyl groups excluding tert-OH is 1. The van der Waals surface area contributed by atoms with Crippen LogP contribution in [-0.4, -0.2) is 59.7 Å². The van der Waals surface area contributed by atoms with Gasteiger partial charge in [0.1, 0.15) is 5.70 Å². The standard InChI is InChI=1S/C21H26N2O7S/c1-10(24)15-14-6-11(12-7-31-8-13(12)17(25)22-5)16(23(14)18(15)26)19(27)29-9-30-20(28)21(2,3)4/h7-8,10,14-15,24H,6,9H2,1-5H3,(H,22,25)/t10-,14?,15?/m1/s1. The average Bonchev–Trinajstić information content (AvgIpc) is 3.28. The van der Waals surface area contributed by atoms with E-state index in [1.165, 1.54) is 30.2 Å².